The lowest BCUT2D eigenvalue weighted by Gasteiger charge is -2.38. The standard InChI is InChI=1S/C23H26FN3O3/c1-16-14-20(28)21(23(29)27(16)15-19-4-3-13-30-19)22(17-5-7-18(24)8-6-17)26-11-9-25(2)10-12-26/h3-8,13-14,22,28H,9-12,15H2,1-2H3/t22-/m0/s1. The molecule has 0 unspecified atom stereocenters. The fourth-order valence-electron chi connectivity index (χ4n) is 4.07. The van der Waals surface area contributed by atoms with Crippen LogP contribution in [0.1, 0.15) is 28.6 Å². The van der Waals surface area contributed by atoms with Crippen molar-refractivity contribution in [3.8, 4) is 5.75 Å². The van der Waals surface area contributed by atoms with E-state index in [0.29, 0.717) is 17.0 Å². The van der Waals surface area contributed by atoms with Crippen LogP contribution in [0.5, 0.6) is 5.75 Å². The molecule has 0 bridgehead atoms. The molecule has 4 rings (SSSR count). The molecule has 30 heavy (non-hydrogen) atoms. The highest BCUT2D eigenvalue weighted by molar-refractivity contribution is 5.41. The maximum atomic E-state index is 13.6. The Morgan fingerprint density at radius 1 is 1.13 bits per heavy atom. The minimum absolute atomic E-state index is 0.0403. The zero-order valence-electron chi connectivity index (χ0n) is 17.2. The molecule has 3 heterocycles. The smallest absolute Gasteiger partial charge is 0.260 e. The number of benzene rings is 1. The predicted molar refractivity (Wildman–Crippen MR) is 112 cm³/mol. The Morgan fingerprint density at radius 3 is 2.47 bits per heavy atom. The van der Waals surface area contributed by atoms with Crippen LogP contribution >= 0.6 is 0 Å². The van der Waals surface area contributed by atoms with Crippen LogP contribution in [0.25, 0.3) is 0 Å². The topological polar surface area (TPSA) is 61.9 Å². The van der Waals surface area contributed by atoms with Crippen molar-refractivity contribution in [3.63, 3.8) is 0 Å². The highest BCUT2D eigenvalue weighted by Gasteiger charge is 2.31. The molecule has 1 fully saturated rings. The van der Waals surface area contributed by atoms with E-state index in [1.807, 2.05) is 6.07 Å². The van der Waals surface area contributed by atoms with Crippen molar-refractivity contribution in [1.29, 1.82) is 0 Å². The number of halogens is 1. The van der Waals surface area contributed by atoms with E-state index in [2.05, 4.69) is 16.8 Å². The average Bonchev–Trinajstić information content (AvgIpc) is 3.23. The molecule has 0 radical (unpaired) electrons. The van der Waals surface area contributed by atoms with Crippen LogP contribution in [0.4, 0.5) is 4.39 Å². The van der Waals surface area contributed by atoms with Gasteiger partial charge in [-0.1, -0.05) is 12.1 Å². The van der Waals surface area contributed by atoms with Gasteiger partial charge in [-0.3, -0.25) is 9.69 Å². The molecule has 7 heteroatoms. The molecule has 0 aliphatic carbocycles. The van der Waals surface area contributed by atoms with Crippen molar-refractivity contribution in [2.24, 2.45) is 0 Å². The summed E-state index contributed by atoms with van der Waals surface area (Å²) < 4.78 is 20.6. The van der Waals surface area contributed by atoms with Gasteiger partial charge in [0.25, 0.3) is 5.56 Å². The van der Waals surface area contributed by atoms with E-state index in [1.54, 1.807) is 42.0 Å². The molecule has 1 saturated heterocycles. The van der Waals surface area contributed by atoms with E-state index in [9.17, 15) is 14.3 Å². The number of nitrogens with zero attached hydrogens (tertiary/aromatic N) is 3. The molecule has 0 spiro atoms. The van der Waals surface area contributed by atoms with Gasteiger partial charge >= 0.3 is 0 Å². The van der Waals surface area contributed by atoms with E-state index in [1.165, 1.54) is 12.1 Å². The summed E-state index contributed by atoms with van der Waals surface area (Å²) in [6.45, 7) is 5.25. The number of pyridine rings is 1. The van der Waals surface area contributed by atoms with Crippen LogP contribution in [-0.4, -0.2) is 52.7 Å². The second-order valence-corrected chi connectivity index (χ2v) is 7.85. The van der Waals surface area contributed by atoms with Crippen LogP contribution in [0.2, 0.25) is 0 Å². The minimum atomic E-state index is -0.463. The number of aromatic nitrogens is 1. The third-order valence-electron chi connectivity index (χ3n) is 5.78. The van der Waals surface area contributed by atoms with Gasteiger partial charge in [-0.15, -0.1) is 0 Å². The van der Waals surface area contributed by atoms with Crippen LogP contribution in [0, 0.1) is 12.7 Å². The van der Waals surface area contributed by atoms with Crippen molar-refractivity contribution in [2.75, 3.05) is 33.2 Å². The molecule has 1 aromatic carbocycles. The fourth-order valence-corrected chi connectivity index (χ4v) is 4.07. The summed E-state index contributed by atoms with van der Waals surface area (Å²) in [7, 11) is 2.06. The number of likely N-dealkylation sites (N-methyl/N-ethyl adjacent to an activating group) is 1. The molecular weight excluding hydrogens is 385 g/mol. The normalized spacial score (nSPS) is 16.6. The van der Waals surface area contributed by atoms with Crippen molar-refractivity contribution in [3.05, 3.63) is 87.5 Å². The molecule has 158 valence electrons. The molecule has 3 aromatic rings. The zero-order chi connectivity index (χ0) is 21.3. The van der Waals surface area contributed by atoms with Gasteiger partial charge in [0.05, 0.1) is 24.4 Å². The van der Waals surface area contributed by atoms with Crippen LogP contribution in [-0.2, 0) is 6.54 Å². The number of furan rings is 1. The van der Waals surface area contributed by atoms with E-state index in [-0.39, 0.29) is 23.7 Å². The zero-order valence-corrected chi connectivity index (χ0v) is 17.2. The van der Waals surface area contributed by atoms with Gasteiger partial charge in [0.2, 0.25) is 0 Å². The summed E-state index contributed by atoms with van der Waals surface area (Å²) in [5, 5.41) is 10.8. The predicted octanol–water partition coefficient (Wildman–Crippen LogP) is 2.98. The maximum absolute atomic E-state index is 13.6. The number of rotatable bonds is 5. The first-order valence-corrected chi connectivity index (χ1v) is 10.1. The Morgan fingerprint density at radius 2 is 1.83 bits per heavy atom. The van der Waals surface area contributed by atoms with Crippen molar-refractivity contribution in [1.82, 2.24) is 14.4 Å². The molecule has 1 aliphatic heterocycles. The lowest BCUT2D eigenvalue weighted by atomic mass is 9.96. The first-order valence-electron chi connectivity index (χ1n) is 10.1. The lowest BCUT2D eigenvalue weighted by molar-refractivity contribution is 0.125. The number of aromatic hydroxyl groups is 1. The van der Waals surface area contributed by atoms with Gasteiger partial charge in [-0.05, 0) is 49.9 Å². The summed E-state index contributed by atoms with van der Waals surface area (Å²) >= 11 is 0. The third kappa shape index (κ3) is 4.04. The van der Waals surface area contributed by atoms with Crippen molar-refractivity contribution < 1.29 is 13.9 Å². The van der Waals surface area contributed by atoms with Crippen LogP contribution < -0.4 is 5.56 Å². The Kier molecular flexibility index (Phi) is 5.74. The van der Waals surface area contributed by atoms with Gasteiger partial charge < -0.3 is 19.0 Å². The molecule has 0 amide bonds. The van der Waals surface area contributed by atoms with Crippen molar-refractivity contribution in [2.45, 2.75) is 19.5 Å². The Hall–Kier alpha value is -2.90. The van der Waals surface area contributed by atoms with Crippen molar-refractivity contribution >= 4 is 0 Å². The molecule has 1 N–H and O–H groups in total. The largest absolute Gasteiger partial charge is 0.507 e. The minimum Gasteiger partial charge on any atom is -0.507 e. The van der Waals surface area contributed by atoms with Crippen LogP contribution in [0.15, 0.2) is 57.9 Å². The number of aryl methyl sites for hydroxylation is 1. The molecule has 2 aromatic heterocycles. The molecule has 0 saturated carbocycles. The first-order chi connectivity index (χ1) is 14.4. The summed E-state index contributed by atoms with van der Waals surface area (Å²) in [5.74, 6) is 0.287. The fraction of sp³-hybridized carbons (Fsp3) is 0.348. The number of hydrogen-bond acceptors (Lipinski definition) is 5. The second kappa shape index (κ2) is 8.45. The molecule has 1 aliphatic rings. The third-order valence-corrected chi connectivity index (χ3v) is 5.78. The van der Waals surface area contributed by atoms with E-state index in [4.69, 9.17) is 4.42 Å². The maximum Gasteiger partial charge on any atom is 0.260 e. The summed E-state index contributed by atoms with van der Waals surface area (Å²) in [5.41, 5.74) is 1.47. The van der Waals surface area contributed by atoms with Gasteiger partial charge in [-0.2, -0.15) is 0 Å². The molecular formula is C23H26FN3O3. The summed E-state index contributed by atoms with van der Waals surface area (Å²) in [4.78, 5) is 18.0. The SMILES string of the molecule is Cc1cc(O)c([C@H](c2ccc(F)cc2)N2CCN(C)CC2)c(=O)n1Cc1ccco1. The van der Waals surface area contributed by atoms with Gasteiger partial charge in [-0.25, -0.2) is 4.39 Å². The van der Waals surface area contributed by atoms with Gasteiger partial charge in [0.1, 0.15) is 17.3 Å². The first kappa shape index (κ1) is 20.4. The quantitative estimate of drug-likeness (QED) is 0.700. The van der Waals surface area contributed by atoms with E-state index < -0.39 is 6.04 Å². The Bertz CT molecular complexity index is 1050. The lowest BCUT2D eigenvalue weighted by Crippen LogP contribution is -2.47. The number of piperazine rings is 1. The highest BCUT2D eigenvalue weighted by Crippen LogP contribution is 2.33. The second-order valence-electron chi connectivity index (χ2n) is 7.85. The summed E-state index contributed by atoms with van der Waals surface area (Å²) in [6.07, 6.45) is 1.57. The van der Waals surface area contributed by atoms with E-state index in [0.717, 1.165) is 31.7 Å². The average molecular weight is 411 g/mol. The Labute approximate surface area is 174 Å². The van der Waals surface area contributed by atoms with Gasteiger partial charge in [0, 0.05) is 31.9 Å². The Balaban J connectivity index is 1.83. The number of hydrogen-bond donors (Lipinski definition) is 1. The van der Waals surface area contributed by atoms with E-state index >= 15 is 0 Å². The van der Waals surface area contributed by atoms with Gasteiger partial charge in [0.15, 0.2) is 0 Å². The summed E-state index contributed by atoms with van der Waals surface area (Å²) in [6, 6.07) is 10.9. The molecule has 1 atom stereocenters. The monoisotopic (exact) mass is 411 g/mol. The highest BCUT2D eigenvalue weighted by atomic mass is 19.1. The molecule has 6 nitrogen and oxygen atoms in total. The van der Waals surface area contributed by atoms with Crippen LogP contribution in [0.3, 0.4) is 0 Å².